The molecule has 2 heterocycles. The molecule has 1 aromatic rings. The van der Waals surface area contributed by atoms with Gasteiger partial charge in [0.25, 0.3) is 0 Å². The highest BCUT2D eigenvalue weighted by atomic mass is 19.1. The summed E-state index contributed by atoms with van der Waals surface area (Å²) in [5, 5.41) is 0. The largest absolute Gasteiger partial charge is 0.490 e. The molecule has 0 aromatic heterocycles. The van der Waals surface area contributed by atoms with Crippen LogP contribution in [0, 0.1) is 11.6 Å². The molecule has 20 heavy (non-hydrogen) atoms. The van der Waals surface area contributed by atoms with E-state index in [0.717, 1.165) is 0 Å². The first-order chi connectivity index (χ1) is 9.61. The Labute approximate surface area is 116 Å². The lowest BCUT2D eigenvalue weighted by Gasteiger charge is -2.24. The van der Waals surface area contributed by atoms with Crippen molar-refractivity contribution in [2.45, 2.75) is 25.0 Å². The first-order valence-electron chi connectivity index (χ1n) is 6.78. The number of halogens is 2. The van der Waals surface area contributed by atoms with Gasteiger partial charge in [-0.3, -0.25) is 0 Å². The number of rotatable bonds is 2. The lowest BCUT2D eigenvalue weighted by Crippen LogP contribution is -2.34. The summed E-state index contributed by atoms with van der Waals surface area (Å²) < 4.78 is 39.2. The molecule has 2 atom stereocenters. The zero-order valence-electron chi connectivity index (χ0n) is 11.4. The minimum atomic E-state index is -0.495. The van der Waals surface area contributed by atoms with Gasteiger partial charge in [0, 0.05) is 31.8 Å². The molecule has 2 N–H and O–H groups in total. The molecular formula is C14H18F2N2O2. The fourth-order valence-corrected chi connectivity index (χ4v) is 2.91. The van der Waals surface area contributed by atoms with E-state index in [1.807, 2.05) is 0 Å². The Hall–Kier alpha value is -1.40. The molecule has 0 saturated carbocycles. The van der Waals surface area contributed by atoms with Crippen LogP contribution in [0.2, 0.25) is 0 Å². The summed E-state index contributed by atoms with van der Waals surface area (Å²) in [5.41, 5.74) is 6.47. The Kier molecular flexibility index (Phi) is 3.52. The SMILES string of the molecule is CO[C@@H]1CN(c2cc(F)c3c(c2F)OCCC3)C[C@H]1N. The second kappa shape index (κ2) is 5.18. The van der Waals surface area contributed by atoms with E-state index in [9.17, 15) is 8.78 Å². The molecule has 0 unspecified atom stereocenters. The first kappa shape index (κ1) is 13.6. The number of hydrogen-bond donors (Lipinski definition) is 1. The van der Waals surface area contributed by atoms with Crippen LogP contribution < -0.4 is 15.4 Å². The topological polar surface area (TPSA) is 47.7 Å². The van der Waals surface area contributed by atoms with Crippen LogP contribution in [0.4, 0.5) is 14.5 Å². The molecule has 110 valence electrons. The maximum atomic E-state index is 14.5. The third kappa shape index (κ3) is 2.13. The first-order valence-corrected chi connectivity index (χ1v) is 6.78. The predicted molar refractivity (Wildman–Crippen MR) is 71.2 cm³/mol. The lowest BCUT2D eigenvalue weighted by molar-refractivity contribution is 0.108. The van der Waals surface area contributed by atoms with Crippen LogP contribution in [0.1, 0.15) is 12.0 Å². The molecular weight excluding hydrogens is 266 g/mol. The number of hydrogen-bond acceptors (Lipinski definition) is 4. The summed E-state index contributed by atoms with van der Waals surface area (Å²) in [6, 6.07) is 1.03. The highest BCUT2D eigenvalue weighted by Crippen LogP contribution is 2.37. The maximum Gasteiger partial charge on any atom is 0.188 e. The number of nitrogens with zero attached hydrogens (tertiary/aromatic N) is 1. The van der Waals surface area contributed by atoms with Crippen molar-refractivity contribution in [2.75, 3.05) is 31.7 Å². The van der Waals surface area contributed by atoms with Crippen molar-refractivity contribution in [3.8, 4) is 5.75 Å². The summed E-state index contributed by atoms with van der Waals surface area (Å²) in [6.45, 7) is 1.31. The smallest absolute Gasteiger partial charge is 0.188 e. The van der Waals surface area contributed by atoms with Gasteiger partial charge in [-0.05, 0) is 12.8 Å². The Morgan fingerprint density at radius 3 is 2.90 bits per heavy atom. The van der Waals surface area contributed by atoms with Gasteiger partial charge in [-0.15, -0.1) is 0 Å². The molecule has 1 fully saturated rings. The zero-order chi connectivity index (χ0) is 14.3. The van der Waals surface area contributed by atoms with Crippen LogP contribution >= 0.6 is 0 Å². The minimum absolute atomic E-state index is 0.0562. The van der Waals surface area contributed by atoms with E-state index in [1.54, 1.807) is 12.0 Å². The average Bonchev–Trinajstić information content (AvgIpc) is 2.84. The van der Waals surface area contributed by atoms with Crippen LogP contribution in [0.25, 0.3) is 0 Å². The van der Waals surface area contributed by atoms with Crippen LogP contribution in [-0.2, 0) is 11.2 Å². The summed E-state index contributed by atoms with van der Waals surface area (Å²) in [4.78, 5) is 1.72. The fourth-order valence-electron chi connectivity index (χ4n) is 2.91. The van der Waals surface area contributed by atoms with Gasteiger partial charge in [-0.1, -0.05) is 0 Å². The van der Waals surface area contributed by atoms with Crippen LogP contribution in [0.15, 0.2) is 6.07 Å². The van der Waals surface area contributed by atoms with Crippen LogP contribution in [0.3, 0.4) is 0 Å². The zero-order valence-corrected chi connectivity index (χ0v) is 11.4. The van der Waals surface area contributed by atoms with Gasteiger partial charge < -0.3 is 20.1 Å². The Morgan fingerprint density at radius 1 is 1.40 bits per heavy atom. The second-order valence-electron chi connectivity index (χ2n) is 5.29. The molecule has 0 spiro atoms. The predicted octanol–water partition coefficient (Wildman–Crippen LogP) is 1.45. The van der Waals surface area contributed by atoms with Crippen molar-refractivity contribution in [2.24, 2.45) is 5.73 Å². The molecule has 0 aliphatic carbocycles. The van der Waals surface area contributed by atoms with Gasteiger partial charge in [0.2, 0.25) is 0 Å². The molecule has 2 aliphatic rings. The van der Waals surface area contributed by atoms with E-state index in [4.69, 9.17) is 15.2 Å². The average molecular weight is 284 g/mol. The number of fused-ring (bicyclic) bond motifs is 1. The van der Waals surface area contributed by atoms with E-state index in [0.29, 0.717) is 38.1 Å². The van der Waals surface area contributed by atoms with Crippen molar-refractivity contribution in [1.29, 1.82) is 0 Å². The molecule has 0 bridgehead atoms. The Morgan fingerprint density at radius 2 is 2.20 bits per heavy atom. The normalized spacial score (nSPS) is 25.5. The van der Waals surface area contributed by atoms with E-state index >= 15 is 0 Å². The molecule has 6 heteroatoms. The van der Waals surface area contributed by atoms with Crippen LogP contribution in [0.5, 0.6) is 5.75 Å². The number of ether oxygens (including phenoxy) is 2. The van der Waals surface area contributed by atoms with Gasteiger partial charge in [-0.25, -0.2) is 8.78 Å². The molecule has 0 amide bonds. The van der Waals surface area contributed by atoms with Crippen molar-refractivity contribution in [3.05, 3.63) is 23.3 Å². The van der Waals surface area contributed by atoms with E-state index < -0.39 is 11.6 Å². The van der Waals surface area contributed by atoms with E-state index in [2.05, 4.69) is 0 Å². The van der Waals surface area contributed by atoms with Crippen molar-refractivity contribution >= 4 is 5.69 Å². The van der Waals surface area contributed by atoms with Crippen molar-refractivity contribution in [1.82, 2.24) is 0 Å². The third-order valence-corrected chi connectivity index (χ3v) is 4.02. The van der Waals surface area contributed by atoms with Gasteiger partial charge in [-0.2, -0.15) is 0 Å². The lowest BCUT2D eigenvalue weighted by atomic mass is 10.0. The van der Waals surface area contributed by atoms with Gasteiger partial charge in [0.1, 0.15) is 5.82 Å². The number of nitrogens with two attached hydrogens (primary N) is 1. The molecule has 4 nitrogen and oxygen atoms in total. The highest BCUT2D eigenvalue weighted by molar-refractivity contribution is 5.57. The minimum Gasteiger partial charge on any atom is -0.490 e. The Balaban J connectivity index is 1.97. The van der Waals surface area contributed by atoms with E-state index in [1.165, 1.54) is 6.07 Å². The van der Waals surface area contributed by atoms with Crippen LogP contribution in [-0.4, -0.2) is 39.0 Å². The maximum absolute atomic E-state index is 14.5. The summed E-state index contributed by atoms with van der Waals surface area (Å²) in [5.74, 6) is -0.851. The Bertz CT molecular complexity index is 524. The number of anilines is 1. The standard InChI is InChI=1S/C14H18F2N2O2/c1-19-12-7-18(6-10(12)17)11-5-9(15)8-3-2-4-20-14(8)13(11)16/h5,10,12H,2-4,6-7,17H2,1H3/t10-,12-/m1/s1. The number of benzene rings is 1. The molecule has 0 radical (unpaired) electrons. The van der Waals surface area contributed by atoms with Crippen molar-refractivity contribution < 1.29 is 18.3 Å². The third-order valence-electron chi connectivity index (χ3n) is 4.02. The fraction of sp³-hybridized carbons (Fsp3) is 0.571. The van der Waals surface area contributed by atoms with Gasteiger partial charge in [0.15, 0.2) is 11.6 Å². The van der Waals surface area contributed by atoms with Crippen molar-refractivity contribution in [3.63, 3.8) is 0 Å². The molecule has 2 aliphatic heterocycles. The second-order valence-corrected chi connectivity index (χ2v) is 5.29. The summed E-state index contributed by atoms with van der Waals surface area (Å²) in [6.07, 6.45) is 1.05. The summed E-state index contributed by atoms with van der Waals surface area (Å²) in [7, 11) is 1.57. The molecule has 1 saturated heterocycles. The molecule has 1 aromatic carbocycles. The highest BCUT2D eigenvalue weighted by Gasteiger charge is 2.33. The quantitative estimate of drug-likeness (QED) is 0.893. The monoisotopic (exact) mass is 284 g/mol. The van der Waals surface area contributed by atoms with Gasteiger partial charge >= 0.3 is 0 Å². The molecule has 3 rings (SSSR count). The van der Waals surface area contributed by atoms with Gasteiger partial charge in [0.05, 0.1) is 24.4 Å². The summed E-state index contributed by atoms with van der Waals surface area (Å²) >= 11 is 0. The number of methoxy groups -OCH3 is 1. The van der Waals surface area contributed by atoms with E-state index in [-0.39, 0.29) is 23.6 Å².